The number of nitrogens with zero attached hydrogens (tertiary/aromatic N) is 1. The minimum atomic E-state index is -0.312. The van der Waals surface area contributed by atoms with Crippen LogP contribution in [0.15, 0.2) is 18.2 Å². The predicted octanol–water partition coefficient (Wildman–Crippen LogP) is 3.34. The fraction of sp³-hybridized carbons (Fsp3) is 0.647. The van der Waals surface area contributed by atoms with E-state index in [2.05, 4.69) is 18.7 Å². The summed E-state index contributed by atoms with van der Waals surface area (Å²) >= 11 is 0. The van der Waals surface area contributed by atoms with E-state index in [4.69, 9.17) is 10.5 Å². The molecule has 1 unspecified atom stereocenters. The maximum atomic E-state index is 14.0. The number of ether oxygens (including phenoxy) is 1. The second-order valence-corrected chi connectivity index (χ2v) is 6.30. The molecule has 1 aromatic rings. The van der Waals surface area contributed by atoms with Crippen LogP contribution >= 0.6 is 0 Å². The predicted molar refractivity (Wildman–Crippen MR) is 83.9 cm³/mol. The highest BCUT2D eigenvalue weighted by atomic mass is 19.1. The lowest BCUT2D eigenvalue weighted by molar-refractivity contribution is 0.180. The second kappa shape index (κ2) is 7.23. The summed E-state index contributed by atoms with van der Waals surface area (Å²) in [6, 6.07) is 5.91. The lowest BCUT2D eigenvalue weighted by Gasteiger charge is -2.32. The van der Waals surface area contributed by atoms with Crippen molar-refractivity contribution >= 4 is 0 Å². The van der Waals surface area contributed by atoms with Gasteiger partial charge in [-0.15, -0.1) is 0 Å². The maximum Gasteiger partial charge on any atom is 0.165 e. The maximum absolute atomic E-state index is 14.0. The van der Waals surface area contributed by atoms with Gasteiger partial charge >= 0.3 is 0 Å². The highest BCUT2D eigenvalue weighted by Crippen LogP contribution is 2.35. The van der Waals surface area contributed by atoms with Gasteiger partial charge in [-0.1, -0.05) is 19.9 Å². The summed E-state index contributed by atoms with van der Waals surface area (Å²) in [7, 11) is 1.48. The molecule has 0 saturated heterocycles. The standard InChI is InChI=1S/C17H27FN2O/c1-12(2)8-9-20(14-5-6-14)16(11-19)13-4-7-17(21-3)15(18)10-13/h4,7,10,12,14,16H,5-6,8-9,11,19H2,1-3H3. The number of benzene rings is 1. The molecule has 21 heavy (non-hydrogen) atoms. The Hall–Kier alpha value is -1.13. The Kier molecular flexibility index (Phi) is 5.59. The van der Waals surface area contributed by atoms with Gasteiger partial charge in [0.15, 0.2) is 11.6 Å². The van der Waals surface area contributed by atoms with E-state index < -0.39 is 0 Å². The molecule has 1 aromatic carbocycles. The number of hydrogen-bond acceptors (Lipinski definition) is 3. The average Bonchev–Trinajstić information content (AvgIpc) is 3.27. The molecule has 0 aromatic heterocycles. The fourth-order valence-corrected chi connectivity index (χ4v) is 2.76. The smallest absolute Gasteiger partial charge is 0.165 e. The Labute approximate surface area is 127 Å². The molecule has 0 aliphatic heterocycles. The molecule has 0 spiro atoms. The highest BCUT2D eigenvalue weighted by molar-refractivity contribution is 5.31. The van der Waals surface area contributed by atoms with Crippen LogP contribution in [0.3, 0.4) is 0 Å². The quantitative estimate of drug-likeness (QED) is 0.799. The van der Waals surface area contributed by atoms with Gasteiger partial charge in [0.25, 0.3) is 0 Å². The van der Waals surface area contributed by atoms with Gasteiger partial charge < -0.3 is 10.5 Å². The topological polar surface area (TPSA) is 38.5 Å². The van der Waals surface area contributed by atoms with Crippen LogP contribution in [0.4, 0.5) is 4.39 Å². The normalized spacial score (nSPS) is 16.5. The van der Waals surface area contributed by atoms with Gasteiger partial charge in [-0.25, -0.2) is 4.39 Å². The summed E-state index contributed by atoms with van der Waals surface area (Å²) in [6.45, 7) is 6.00. The van der Waals surface area contributed by atoms with Crippen LogP contribution < -0.4 is 10.5 Å². The van der Waals surface area contributed by atoms with Crippen LogP contribution in [0, 0.1) is 11.7 Å². The molecule has 1 atom stereocenters. The molecule has 1 aliphatic rings. The average molecular weight is 294 g/mol. The Morgan fingerprint density at radius 1 is 1.38 bits per heavy atom. The molecular formula is C17H27FN2O. The first kappa shape index (κ1) is 16.2. The molecule has 0 bridgehead atoms. The zero-order chi connectivity index (χ0) is 15.4. The van der Waals surface area contributed by atoms with Crippen LogP contribution in [0.5, 0.6) is 5.75 Å². The Morgan fingerprint density at radius 2 is 2.10 bits per heavy atom. The van der Waals surface area contributed by atoms with E-state index >= 15 is 0 Å². The van der Waals surface area contributed by atoms with E-state index in [-0.39, 0.29) is 17.6 Å². The molecule has 118 valence electrons. The molecule has 1 saturated carbocycles. The van der Waals surface area contributed by atoms with E-state index in [9.17, 15) is 4.39 Å². The Morgan fingerprint density at radius 3 is 2.57 bits per heavy atom. The summed E-state index contributed by atoms with van der Waals surface area (Å²) < 4.78 is 18.9. The third kappa shape index (κ3) is 4.17. The SMILES string of the molecule is COc1ccc(C(CN)N(CCC(C)C)C2CC2)cc1F. The highest BCUT2D eigenvalue weighted by Gasteiger charge is 2.34. The number of rotatable bonds is 8. The number of halogens is 1. The molecule has 0 heterocycles. The Balaban J connectivity index is 2.17. The van der Waals surface area contributed by atoms with E-state index in [1.54, 1.807) is 12.1 Å². The molecule has 2 rings (SSSR count). The first-order valence-corrected chi connectivity index (χ1v) is 7.86. The van der Waals surface area contributed by atoms with Gasteiger partial charge in [-0.3, -0.25) is 4.90 Å². The summed E-state index contributed by atoms with van der Waals surface area (Å²) in [5.74, 6) is 0.639. The fourth-order valence-electron chi connectivity index (χ4n) is 2.76. The number of nitrogens with two attached hydrogens (primary N) is 1. The van der Waals surface area contributed by atoms with Crippen molar-refractivity contribution in [2.45, 2.75) is 45.2 Å². The lowest BCUT2D eigenvalue weighted by Crippen LogP contribution is -2.36. The second-order valence-electron chi connectivity index (χ2n) is 6.30. The van der Waals surface area contributed by atoms with E-state index in [1.807, 2.05) is 6.07 Å². The molecule has 1 fully saturated rings. The molecule has 0 radical (unpaired) electrons. The van der Waals surface area contributed by atoms with Crippen molar-refractivity contribution in [3.05, 3.63) is 29.6 Å². The zero-order valence-corrected chi connectivity index (χ0v) is 13.3. The first-order valence-electron chi connectivity index (χ1n) is 7.86. The molecule has 3 nitrogen and oxygen atoms in total. The van der Waals surface area contributed by atoms with Gasteiger partial charge in [0, 0.05) is 18.6 Å². The van der Waals surface area contributed by atoms with Crippen LogP contribution in [-0.2, 0) is 0 Å². The van der Waals surface area contributed by atoms with Crippen molar-refractivity contribution in [3.8, 4) is 5.75 Å². The molecule has 2 N–H and O–H groups in total. The molecule has 0 amide bonds. The number of methoxy groups -OCH3 is 1. The third-order valence-corrected chi connectivity index (χ3v) is 4.16. The van der Waals surface area contributed by atoms with E-state index in [0.29, 0.717) is 18.5 Å². The van der Waals surface area contributed by atoms with Crippen molar-refractivity contribution in [1.29, 1.82) is 0 Å². The third-order valence-electron chi connectivity index (χ3n) is 4.16. The van der Waals surface area contributed by atoms with Crippen molar-refractivity contribution in [2.24, 2.45) is 11.7 Å². The van der Waals surface area contributed by atoms with Crippen molar-refractivity contribution in [1.82, 2.24) is 4.90 Å². The minimum absolute atomic E-state index is 0.0941. The minimum Gasteiger partial charge on any atom is -0.494 e. The van der Waals surface area contributed by atoms with Gasteiger partial charge in [0.05, 0.1) is 7.11 Å². The lowest BCUT2D eigenvalue weighted by atomic mass is 10.0. The Bertz CT molecular complexity index is 460. The summed E-state index contributed by atoms with van der Waals surface area (Å²) in [5, 5.41) is 0. The van der Waals surface area contributed by atoms with Crippen LogP contribution in [-0.4, -0.2) is 31.1 Å². The van der Waals surface area contributed by atoms with Crippen molar-refractivity contribution < 1.29 is 9.13 Å². The molecule has 1 aliphatic carbocycles. The summed E-state index contributed by atoms with van der Waals surface area (Å²) in [5.41, 5.74) is 6.95. The zero-order valence-electron chi connectivity index (χ0n) is 13.3. The molecular weight excluding hydrogens is 267 g/mol. The van der Waals surface area contributed by atoms with Crippen molar-refractivity contribution in [3.63, 3.8) is 0 Å². The monoisotopic (exact) mass is 294 g/mol. The van der Waals surface area contributed by atoms with Gasteiger partial charge in [0.2, 0.25) is 0 Å². The van der Waals surface area contributed by atoms with Crippen LogP contribution in [0.2, 0.25) is 0 Å². The van der Waals surface area contributed by atoms with Gasteiger partial charge in [-0.2, -0.15) is 0 Å². The summed E-state index contributed by atoms with van der Waals surface area (Å²) in [6.07, 6.45) is 3.60. The van der Waals surface area contributed by atoms with E-state index in [0.717, 1.165) is 18.5 Å². The van der Waals surface area contributed by atoms with Crippen LogP contribution in [0.1, 0.15) is 44.7 Å². The van der Waals surface area contributed by atoms with Crippen LogP contribution in [0.25, 0.3) is 0 Å². The first-order chi connectivity index (χ1) is 10.1. The van der Waals surface area contributed by atoms with Crippen molar-refractivity contribution in [2.75, 3.05) is 20.2 Å². The summed E-state index contributed by atoms with van der Waals surface area (Å²) in [4.78, 5) is 2.46. The van der Waals surface area contributed by atoms with E-state index in [1.165, 1.54) is 20.0 Å². The van der Waals surface area contributed by atoms with Gasteiger partial charge in [-0.05, 0) is 49.4 Å². The molecule has 4 heteroatoms. The number of hydrogen-bond donors (Lipinski definition) is 1. The van der Waals surface area contributed by atoms with Gasteiger partial charge in [0.1, 0.15) is 0 Å². The largest absolute Gasteiger partial charge is 0.494 e.